The van der Waals surface area contributed by atoms with Gasteiger partial charge in [-0.1, -0.05) is 17.5 Å². The monoisotopic (exact) mass is 711 g/mol. The second-order valence-corrected chi connectivity index (χ2v) is 15.6. The van der Waals surface area contributed by atoms with Gasteiger partial charge in [0.05, 0.1) is 24.8 Å². The van der Waals surface area contributed by atoms with Gasteiger partial charge in [0.15, 0.2) is 40.5 Å². The molecule has 6 N–H and O–H groups in total. The molecule has 3 saturated heterocycles. The number of nitrogens with one attached hydrogen (secondary N) is 1. The number of phosphoric acid groups is 1. The molecule has 4 aromatic rings. The number of alkyl halides is 2. The van der Waals surface area contributed by atoms with E-state index in [-0.39, 0.29) is 34.1 Å². The van der Waals surface area contributed by atoms with Crippen molar-refractivity contribution in [2.75, 3.05) is 24.7 Å². The number of phosphoric ester groups is 1. The fourth-order valence-corrected chi connectivity index (χ4v) is 9.17. The average Bonchev–Trinajstić information content (AvgIpc) is 3.72. The maximum absolute atomic E-state index is 15.9. The van der Waals surface area contributed by atoms with Crippen LogP contribution < -0.4 is 17.0 Å². The first-order valence-corrected chi connectivity index (χ1v) is 17.9. The van der Waals surface area contributed by atoms with Crippen molar-refractivity contribution < 1.29 is 45.6 Å². The predicted octanol–water partition coefficient (Wildman–Crippen LogP) is 0.662. The number of H-pyrrole nitrogens is 1. The molecule has 3 aliphatic rings. The Morgan fingerprint density at radius 2 is 1.87 bits per heavy atom. The van der Waals surface area contributed by atoms with Gasteiger partial charge < -0.3 is 21.1 Å². The molecule has 26 heteroatoms. The van der Waals surface area contributed by atoms with Crippen LogP contribution in [0.1, 0.15) is 11.6 Å². The first-order chi connectivity index (χ1) is 21.3. The number of nitrogens with two attached hydrogens (primary N) is 2. The Labute approximate surface area is 257 Å². The Kier molecular flexibility index (Phi) is 7.66. The number of nitrogen functional groups attached to an aromatic ring is 2. The van der Waals surface area contributed by atoms with Gasteiger partial charge in [0.1, 0.15) is 36.2 Å². The number of thioether (sulfide) groups is 1. The van der Waals surface area contributed by atoms with Gasteiger partial charge in [-0.2, -0.15) is 9.67 Å². The minimum absolute atomic E-state index is 0.0182. The molecule has 3 unspecified atom stereocenters. The van der Waals surface area contributed by atoms with Gasteiger partial charge in [-0.15, -0.1) is 16.9 Å². The summed E-state index contributed by atoms with van der Waals surface area (Å²) in [5, 5.41) is 5.27. The van der Waals surface area contributed by atoms with Crippen LogP contribution in [0.3, 0.4) is 0 Å². The van der Waals surface area contributed by atoms with Crippen LogP contribution in [-0.4, -0.2) is 98.5 Å². The minimum atomic E-state index is -5.11. The lowest BCUT2D eigenvalue weighted by molar-refractivity contribution is -0.0489. The van der Waals surface area contributed by atoms with Crippen molar-refractivity contribution in [1.82, 2.24) is 44.5 Å². The number of ether oxygens (including phenoxy) is 1. The molecule has 0 spiro atoms. The molecule has 3 aliphatic heterocycles. The number of aromatic nitrogens is 9. The third-order valence-electron chi connectivity index (χ3n) is 7.10. The van der Waals surface area contributed by atoms with Crippen LogP contribution in [0.4, 0.5) is 20.5 Å². The van der Waals surface area contributed by atoms with Crippen molar-refractivity contribution in [1.29, 1.82) is 0 Å². The van der Waals surface area contributed by atoms with Crippen LogP contribution in [0.2, 0.25) is 0 Å². The molecule has 45 heavy (non-hydrogen) atoms. The summed E-state index contributed by atoms with van der Waals surface area (Å²) in [7, 11) is -5.11. The van der Waals surface area contributed by atoms with Crippen molar-refractivity contribution in [3.8, 4) is 0 Å². The molecular formula is C19H21F2N11O9P2S2. The first kappa shape index (κ1) is 30.8. The summed E-state index contributed by atoms with van der Waals surface area (Å²) >= 11 is 4.81. The number of rotatable bonds is 2. The van der Waals surface area contributed by atoms with Gasteiger partial charge in [-0.3, -0.25) is 32.4 Å². The Morgan fingerprint density at radius 3 is 2.67 bits per heavy atom. The number of aromatic amines is 1. The summed E-state index contributed by atoms with van der Waals surface area (Å²) in [6, 6.07) is 0. The van der Waals surface area contributed by atoms with Crippen LogP contribution in [0.5, 0.6) is 0 Å². The Balaban J connectivity index is 1.21. The molecule has 0 aromatic carbocycles. The Hall–Kier alpha value is -2.79. The lowest BCUT2D eigenvalue weighted by Gasteiger charge is -2.26. The van der Waals surface area contributed by atoms with E-state index in [0.717, 1.165) is 22.8 Å². The van der Waals surface area contributed by atoms with Gasteiger partial charge >= 0.3 is 14.6 Å². The molecule has 4 aromatic heterocycles. The third-order valence-corrected chi connectivity index (χ3v) is 11.2. The Morgan fingerprint density at radius 1 is 1.07 bits per heavy atom. The molecule has 10 atom stereocenters. The average molecular weight is 712 g/mol. The fourth-order valence-electron chi connectivity index (χ4n) is 5.10. The maximum Gasteiger partial charge on any atom is 0.472 e. The van der Waals surface area contributed by atoms with E-state index in [0.29, 0.717) is 0 Å². The van der Waals surface area contributed by atoms with Crippen LogP contribution >= 0.6 is 38.6 Å². The molecule has 3 fully saturated rings. The summed E-state index contributed by atoms with van der Waals surface area (Å²) in [6.07, 6.45) is -8.60. The fraction of sp³-hybridized carbons (Fsp3) is 0.526. The molecule has 7 rings (SSSR count). The highest BCUT2D eigenvalue weighted by Crippen LogP contribution is 2.60. The van der Waals surface area contributed by atoms with Crippen LogP contribution in [0.25, 0.3) is 22.3 Å². The molecule has 0 aliphatic carbocycles. The molecule has 0 radical (unpaired) electrons. The summed E-state index contributed by atoms with van der Waals surface area (Å²) in [6.45, 7) is -6.02. The van der Waals surface area contributed by atoms with Crippen molar-refractivity contribution in [3.63, 3.8) is 0 Å². The highest BCUT2D eigenvalue weighted by molar-refractivity contribution is 8.44. The zero-order chi connectivity index (χ0) is 31.8. The van der Waals surface area contributed by atoms with E-state index in [1.165, 1.54) is 10.9 Å². The van der Waals surface area contributed by atoms with Crippen molar-refractivity contribution in [2.24, 2.45) is 0 Å². The summed E-state index contributed by atoms with van der Waals surface area (Å²) in [5.74, 6) is -0.296. The van der Waals surface area contributed by atoms with Gasteiger partial charge in [0.2, 0.25) is 5.95 Å². The largest absolute Gasteiger partial charge is 0.472 e. The van der Waals surface area contributed by atoms with Crippen molar-refractivity contribution in [3.05, 3.63) is 23.0 Å². The molecule has 20 nitrogen and oxygen atoms in total. The summed E-state index contributed by atoms with van der Waals surface area (Å²) in [5.41, 5.74) is 10.6. The lowest BCUT2D eigenvalue weighted by atomic mass is 10.1. The van der Waals surface area contributed by atoms with Gasteiger partial charge in [-0.05, 0) is 0 Å². The summed E-state index contributed by atoms with van der Waals surface area (Å²) < 4.78 is 87.3. The number of hydrogen-bond donors (Lipinski definition) is 5. The van der Waals surface area contributed by atoms with E-state index >= 15 is 8.78 Å². The van der Waals surface area contributed by atoms with Crippen LogP contribution in [-0.2, 0) is 32.0 Å². The predicted molar refractivity (Wildman–Crippen MR) is 152 cm³/mol. The molecule has 0 saturated carbocycles. The van der Waals surface area contributed by atoms with E-state index in [4.69, 9.17) is 34.3 Å². The number of hydrogen-bond acceptors (Lipinski definition) is 17. The SMILES string of the molecule is Nc1nc2c(ncn2[C@@H]2S[C@@H]3COP(=O)(O)O[C@@H]4C(COP(=O)(S)O[C@@H]2[C@H]3F)O[C@@H](n2nnc3c(N)ncnc32)[C@H]4F)c(=O)[nH]1. The van der Waals surface area contributed by atoms with Crippen LogP contribution in [0.15, 0.2) is 17.4 Å². The Bertz CT molecular complexity index is 1950. The molecule has 7 heterocycles. The van der Waals surface area contributed by atoms with Gasteiger partial charge in [-0.25, -0.2) is 32.9 Å². The number of imidazole rings is 1. The highest BCUT2D eigenvalue weighted by atomic mass is 32.7. The topological polar surface area (TPSA) is 273 Å². The zero-order valence-electron chi connectivity index (χ0n) is 22.1. The van der Waals surface area contributed by atoms with Crippen LogP contribution in [0, 0.1) is 0 Å². The quantitative estimate of drug-likeness (QED) is 0.141. The number of anilines is 2. The second-order valence-electron chi connectivity index (χ2n) is 9.93. The van der Waals surface area contributed by atoms with E-state index in [1.807, 2.05) is 0 Å². The second kappa shape index (κ2) is 11.2. The van der Waals surface area contributed by atoms with E-state index < -0.39 is 80.9 Å². The molecular weight excluding hydrogens is 690 g/mol. The number of nitrogens with zero attached hydrogens (tertiary/aromatic N) is 8. The standard InChI is InChI=1S/C19H21F2N11O9P2S2/c20-7-6-2-37-42(34,35)40-11-5(39-17(8(11)21)32-14-9(29-30-32)13(22)24-3-25-14)1-38-43(36,44)41-12(7)18(45-6)31-4-26-10-15(31)27-19(23)28-16(10)33/h3-8,11-12,17-18H,1-2H2,(H,34,35)(H,36,44)(H2,22,24,25)(H3,23,27,28,33)/t5?,6-,7+,8+,11-,12-,17-,18-,43?/m1/s1. The number of fused-ring (bicyclic) bond motifs is 5. The normalized spacial score (nSPS) is 37.7. The highest BCUT2D eigenvalue weighted by Gasteiger charge is 2.54. The molecule has 0 amide bonds. The number of halogens is 2. The third kappa shape index (κ3) is 5.51. The van der Waals surface area contributed by atoms with Gasteiger partial charge in [0.25, 0.3) is 5.56 Å². The zero-order valence-corrected chi connectivity index (χ0v) is 25.6. The minimum Gasteiger partial charge on any atom is -0.382 e. The number of thiol groups is 1. The lowest BCUT2D eigenvalue weighted by Crippen LogP contribution is -2.34. The van der Waals surface area contributed by atoms with Gasteiger partial charge in [0, 0.05) is 0 Å². The van der Waals surface area contributed by atoms with E-state index in [1.54, 1.807) is 0 Å². The first-order valence-electron chi connectivity index (χ1n) is 12.8. The summed E-state index contributed by atoms with van der Waals surface area (Å²) in [4.78, 5) is 41.0. The van der Waals surface area contributed by atoms with E-state index in [9.17, 15) is 18.8 Å². The smallest absolute Gasteiger partial charge is 0.382 e. The van der Waals surface area contributed by atoms with Crippen molar-refractivity contribution >= 4 is 72.7 Å². The molecule has 2 bridgehead atoms. The van der Waals surface area contributed by atoms with Crippen molar-refractivity contribution in [2.45, 2.75) is 47.5 Å². The molecule has 242 valence electrons. The maximum atomic E-state index is 15.9. The van der Waals surface area contributed by atoms with E-state index in [2.05, 4.69) is 47.5 Å².